The van der Waals surface area contributed by atoms with E-state index >= 15 is 0 Å². The van der Waals surface area contributed by atoms with Crippen LogP contribution in [-0.2, 0) is 9.53 Å². The minimum absolute atomic E-state index is 0.0593. The first-order chi connectivity index (χ1) is 19.2. The smallest absolute Gasteiger partial charge is 0.220 e. The normalized spacial score (nSPS) is 12.2. The number of nitrogens with one attached hydrogen (secondary N) is 1. The summed E-state index contributed by atoms with van der Waals surface area (Å²) >= 11 is 0. The molecule has 1 atom stereocenters. The molecule has 234 valence electrons. The third kappa shape index (κ3) is 33.5. The topological polar surface area (TPSA) is 58.6 Å². The van der Waals surface area contributed by atoms with Gasteiger partial charge in [-0.05, 0) is 12.8 Å². The summed E-state index contributed by atoms with van der Waals surface area (Å²) in [5.41, 5.74) is 0. The van der Waals surface area contributed by atoms with Gasteiger partial charge in [-0.25, -0.2) is 0 Å². The Kier molecular flexibility index (Phi) is 33.1. The molecule has 0 aliphatic rings. The van der Waals surface area contributed by atoms with Crippen LogP contribution in [0.1, 0.15) is 194 Å². The van der Waals surface area contributed by atoms with Crippen molar-refractivity contribution in [2.45, 2.75) is 200 Å². The summed E-state index contributed by atoms with van der Waals surface area (Å²) < 4.78 is 5.62. The number of hydrogen-bond donors (Lipinski definition) is 2. The van der Waals surface area contributed by atoms with Gasteiger partial charge in [-0.3, -0.25) is 4.79 Å². The molecule has 1 amide bonds. The molecule has 0 radical (unpaired) electrons. The molecule has 0 aromatic carbocycles. The standard InChI is InChI=1S/C35H71NO3/c1-3-5-7-9-11-13-15-17-19-21-23-25-27-29-31-39-33-34(37)32-36-35(38)30-28-26-24-22-20-18-16-14-12-10-8-6-4-2/h34,37H,3-33H2,1-2H3,(H,36,38). The van der Waals surface area contributed by atoms with Gasteiger partial charge < -0.3 is 15.2 Å². The van der Waals surface area contributed by atoms with Crippen LogP contribution in [0.25, 0.3) is 0 Å². The van der Waals surface area contributed by atoms with Gasteiger partial charge >= 0.3 is 0 Å². The molecule has 4 heteroatoms. The third-order valence-electron chi connectivity index (χ3n) is 7.99. The summed E-state index contributed by atoms with van der Waals surface area (Å²) in [7, 11) is 0. The van der Waals surface area contributed by atoms with E-state index < -0.39 is 6.10 Å². The number of aliphatic hydroxyl groups excluding tert-OH is 1. The third-order valence-corrected chi connectivity index (χ3v) is 7.99. The van der Waals surface area contributed by atoms with E-state index in [9.17, 15) is 9.90 Å². The fraction of sp³-hybridized carbons (Fsp3) is 0.971. The van der Waals surface area contributed by atoms with Crippen LogP contribution in [0.4, 0.5) is 0 Å². The van der Waals surface area contributed by atoms with Crippen LogP contribution in [0.2, 0.25) is 0 Å². The molecule has 0 rings (SSSR count). The van der Waals surface area contributed by atoms with Gasteiger partial charge in [-0.15, -0.1) is 0 Å². The highest BCUT2D eigenvalue weighted by Gasteiger charge is 2.07. The number of aliphatic hydroxyl groups is 1. The summed E-state index contributed by atoms with van der Waals surface area (Å²) in [6.45, 7) is 5.88. The average Bonchev–Trinajstić information content (AvgIpc) is 2.94. The van der Waals surface area contributed by atoms with Crippen LogP contribution in [-0.4, -0.2) is 36.9 Å². The van der Waals surface area contributed by atoms with Crippen LogP contribution >= 0.6 is 0 Å². The fourth-order valence-corrected chi connectivity index (χ4v) is 5.30. The molecule has 1 unspecified atom stereocenters. The lowest BCUT2D eigenvalue weighted by molar-refractivity contribution is -0.121. The highest BCUT2D eigenvalue weighted by molar-refractivity contribution is 5.75. The van der Waals surface area contributed by atoms with Gasteiger partial charge in [0, 0.05) is 19.6 Å². The molecule has 0 bridgehead atoms. The van der Waals surface area contributed by atoms with E-state index in [1.54, 1.807) is 0 Å². The van der Waals surface area contributed by atoms with Gasteiger partial charge in [0.1, 0.15) is 0 Å². The molecule has 0 heterocycles. The Labute approximate surface area is 245 Å². The lowest BCUT2D eigenvalue weighted by Crippen LogP contribution is -2.34. The van der Waals surface area contributed by atoms with Crippen molar-refractivity contribution in [1.29, 1.82) is 0 Å². The summed E-state index contributed by atoms with van der Waals surface area (Å²) in [5, 5.41) is 12.9. The van der Waals surface area contributed by atoms with E-state index in [1.165, 1.54) is 154 Å². The Hall–Kier alpha value is -0.610. The zero-order valence-electron chi connectivity index (χ0n) is 26.8. The average molecular weight is 554 g/mol. The summed E-state index contributed by atoms with van der Waals surface area (Å²) in [5.74, 6) is 0.0593. The Morgan fingerprint density at radius 3 is 1.26 bits per heavy atom. The lowest BCUT2D eigenvalue weighted by Gasteiger charge is -2.12. The number of carbonyl (C=O) groups excluding carboxylic acids is 1. The van der Waals surface area contributed by atoms with E-state index in [0.717, 1.165) is 19.3 Å². The van der Waals surface area contributed by atoms with Crippen molar-refractivity contribution in [3.05, 3.63) is 0 Å². The molecule has 0 fully saturated rings. The largest absolute Gasteiger partial charge is 0.389 e. The first-order valence-corrected chi connectivity index (χ1v) is 17.7. The SMILES string of the molecule is CCCCCCCCCCCCCCCCOCC(O)CNC(=O)CCCCCCCCCCCCCCC. The first-order valence-electron chi connectivity index (χ1n) is 17.7. The van der Waals surface area contributed by atoms with Crippen molar-refractivity contribution in [3.8, 4) is 0 Å². The molecule has 2 N–H and O–H groups in total. The van der Waals surface area contributed by atoms with E-state index in [4.69, 9.17) is 4.74 Å². The number of hydrogen-bond acceptors (Lipinski definition) is 3. The number of unbranched alkanes of at least 4 members (excludes halogenated alkanes) is 25. The van der Waals surface area contributed by atoms with E-state index in [1.807, 2.05) is 0 Å². The Balaban J connectivity index is 3.26. The van der Waals surface area contributed by atoms with Gasteiger partial charge in [0.25, 0.3) is 0 Å². The van der Waals surface area contributed by atoms with E-state index in [0.29, 0.717) is 26.2 Å². The second-order valence-corrected chi connectivity index (χ2v) is 12.1. The minimum atomic E-state index is -0.604. The minimum Gasteiger partial charge on any atom is -0.389 e. The maximum absolute atomic E-state index is 12.0. The highest BCUT2D eigenvalue weighted by Crippen LogP contribution is 2.14. The number of amides is 1. The van der Waals surface area contributed by atoms with Crippen molar-refractivity contribution in [1.82, 2.24) is 5.32 Å². The Morgan fingerprint density at radius 1 is 0.538 bits per heavy atom. The maximum Gasteiger partial charge on any atom is 0.220 e. The van der Waals surface area contributed by atoms with Crippen LogP contribution in [0.5, 0.6) is 0 Å². The predicted octanol–water partition coefficient (Wildman–Crippen LogP) is 10.4. The van der Waals surface area contributed by atoms with Crippen LogP contribution in [0.3, 0.4) is 0 Å². The summed E-state index contributed by atoms with van der Waals surface area (Å²) in [6, 6.07) is 0. The zero-order valence-corrected chi connectivity index (χ0v) is 26.8. The monoisotopic (exact) mass is 554 g/mol. The van der Waals surface area contributed by atoms with Crippen molar-refractivity contribution < 1.29 is 14.6 Å². The van der Waals surface area contributed by atoms with Crippen LogP contribution in [0, 0.1) is 0 Å². The van der Waals surface area contributed by atoms with Gasteiger partial charge in [-0.1, -0.05) is 174 Å². The Morgan fingerprint density at radius 2 is 0.872 bits per heavy atom. The maximum atomic E-state index is 12.0. The summed E-state index contributed by atoms with van der Waals surface area (Å²) in [4.78, 5) is 12.0. The van der Waals surface area contributed by atoms with Gasteiger partial charge in [0.15, 0.2) is 0 Å². The van der Waals surface area contributed by atoms with Gasteiger partial charge in [0.05, 0.1) is 12.7 Å². The lowest BCUT2D eigenvalue weighted by atomic mass is 10.0. The number of carbonyl (C=O) groups is 1. The van der Waals surface area contributed by atoms with Crippen molar-refractivity contribution in [3.63, 3.8) is 0 Å². The second-order valence-electron chi connectivity index (χ2n) is 12.1. The van der Waals surface area contributed by atoms with Crippen molar-refractivity contribution >= 4 is 5.91 Å². The fourth-order valence-electron chi connectivity index (χ4n) is 5.30. The number of rotatable bonds is 33. The van der Waals surface area contributed by atoms with E-state index in [-0.39, 0.29) is 5.91 Å². The molecular weight excluding hydrogens is 482 g/mol. The van der Waals surface area contributed by atoms with E-state index in [2.05, 4.69) is 19.2 Å². The molecule has 4 nitrogen and oxygen atoms in total. The van der Waals surface area contributed by atoms with Gasteiger partial charge in [0.2, 0.25) is 5.91 Å². The molecule has 0 saturated carbocycles. The zero-order chi connectivity index (χ0) is 28.5. The molecule has 0 saturated heterocycles. The molecule has 39 heavy (non-hydrogen) atoms. The van der Waals surface area contributed by atoms with Crippen LogP contribution < -0.4 is 5.32 Å². The molecular formula is C35H71NO3. The molecule has 0 spiro atoms. The molecule has 0 aliphatic carbocycles. The summed E-state index contributed by atoms with van der Waals surface area (Å²) in [6.07, 6.45) is 36.0. The predicted molar refractivity (Wildman–Crippen MR) is 170 cm³/mol. The van der Waals surface area contributed by atoms with Crippen LogP contribution in [0.15, 0.2) is 0 Å². The molecule has 0 aromatic rings. The first kappa shape index (κ1) is 38.4. The van der Waals surface area contributed by atoms with Crippen molar-refractivity contribution in [2.24, 2.45) is 0 Å². The van der Waals surface area contributed by atoms with Gasteiger partial charge in [-0.2, -0.15) is 0 Å². The quantitative estimate of drug-likeness (QED) is 0.0795. The second kappa shape index (κ2) is 33.6. The Bertz CT molecular complexity index is 471. The number of ether oxygens (including phenoxy) is 1. The van der Waals surface area contributed by atoms with Crippen molar-refractivity contribution in [2.75, 3.05) is 19.8 Å². The highest BCUT2D eigenvalue weighted by atomic mass is 16.5. The molecule has 0 aliphatic heterocycles. The molecule has 0 aromatic heterocycles.